The number of rotatable bonds is 3. The highest BCUT2D eigenvalue weighted by molar-refractivity contribution is 5.92. The second-order valence-electron chi connectivity index (χ2n) is 6.98. The van der Waals surface area contributed by atoms with Crippen molar-refractivity contribution in [1.82, 2.24) is 34.2 Å². The van der Waals surface area contributed by atoms with Crippen LogP contribution in [0.3, 0.4) is 0 Å². The summed E-state index contributed by atoms with van der Waals surface area (Å²) in [5.74, 6) is 1.40. The first-order chi connectivity index (χ1) is 13.9. The van der Waals surface area contributed by atoms with Crippen LogP contribution in [-0.4, -0.2) is 66.3 Å². The predicted molar refractivity (Wildman–Crippen MR) is 106 cm³/mol. The maximum Gasteiger partial charge on any atom is 0.274 e. The number of hydrogen-bond donors (Lipinski definition) is 0. The highest BCUT2D eigenvalue weighted by Gasteiger charge is 2.24. The SMILES string of the molecule is Cc1ncn(-c2cc(N3CCN(C(=O)c4ccc(=O)n(C)n4)CC3)ncn2)c1C. The lowest BCUT2D eigenvalue weighted by atomic mass is 10.2. The molecule has 1 aliphatic rings. The number of hydrogen-bond acceptors (Lipinski definition) is 7. The van der Waals surface area contributed by atoms with E-state index in [4.69, 9.17) is 0 Å². The molecule has 0 unspecified atom stereocenters. The molecule has 3 aromatic heterocycles. The molecule has 1 amide bonds. The predicted octanol–water partition coefficient (Wildman–Crippen LogP) is 0.335. The fourth-order valence-corrected chi connectivity index (χ4v) is 3.29. The van der Waals surface area contributed by atoms with Crippen LogP contribution in [0.4, 0.5) is 5.82 Å². The largest absolute Gasteiger partial charge is 0.353 e. The molecule has 10 heteroatoms. The van der Waals surface area contributed by atoms with Crippen molar-refractivity contribution in [2.24, 2.45) is 7.05 Å². The Labute approximate surface area is 167 Å². The second kappa shape index (κ2) is 7.46. The summed E-state index contributed by atoms with van der Waals surface area (Å²) in [6, 6.07) is 4.77. The van der Waals surface area contributed by atoms with E-state index in [0.717, 1.165) is 23.0 Å². The van der Waals surface area contributed by atoms with Crippen LogP contribution in [0.1, 0.15) is 21.9 Å². The molecular weight excluding hydrogens is 372 g/mol. The molecule has 1 aliphatic heterocycles. The molecule has 1 saturated heterocycles. The quantitative estimate of drug-likeness (QED) is 0.631. The summed E-state index contributed by atoms with van der Waals surface area (Å²) >= 11 is 0. The van der Waals surface area contributed by atoms with Crippen molar-refractivity contribution in [1.29, 1.82) is 0 Å². The van der Waals surface area contributed by atoms with Crippen molar-refractivity contribution < 1.29 is 4.79 Å². The summed E-state index contributed by atoms with van der Waals surface area (Å²) in [4.78, 5) is 41.1. The highest BCUT2D eigenvalue weighted by Crippen LogP contribution is 2.18. The van der Waals surface area contributed by atoms with E-state index in [1.807, 2.05) is 24.5 Å². The maximum atomic E-state index is 12.7. The Morgan fingerprint density at radius 2 is 1.72 bits per heavy atom. The first-order valence-corrected chi connectivity index (χ1v) is 9.35. The lowest BCUT2D eigenvalue weighted by molar-refractivity contribution is 0.0738. The molecule has 0 radical (unpaired) electrons. The molecule has 0 aromatic carbocycles. The minimum Gasteiger partial charge on any atom is -0.353 e. The van der Waals surface area contributed by atoms with E-state index >= 15 is 0 Å². The van der Waals surface area contributed by atoms with E-state index in [9.17, 15) is 9.59 Å². The fourth-order valence-electron chi connectivity index (χ4n) is 3.29. The number of carbonyl (C=O) groups excluding carboxylic acids is 1. The number of anilines is 1. The summed E-state index contributed by atoms with van der Waals surface area (Å²) in [6.45, 7) is 6.36. The number of aryl methyl sites for hydroxylation is 2. The Hall–Kier alpha value is -3.56. The van der Waals surface area contributed by atoms with Gasteiger partial charge in [-0.2, -0.15) is 5.10 Å². The van der Waals surface area contributed by atoms with Crippen LogP contribution in [0.25, 0.3) is 5.82 Å². The third kappa shape index (κ3) is 3.60. The number of aromatic nitrogens is 6. The Morgan fingerprint density at radius 3 is 2.38 bits per heavy atom. The van der Waals surface area contributed by atoms with Crippen LogP contribution in [0, 0.1) is 13.8 Å². The van der Waals surface area contributed by atoms with Crippen molar-refractivity contribution in [2.45, 2.75) is 13.8 Å². The molecule has 4 heterocycles. The van der Waals surface area contributed by atoms with Gasteiger partial charge in [0, 0.05) is 51.1 Å². The molecule has 0 spiro atoms. The zero-order valence-electron chi connectivity index (χ0n) is 16.6. The second-order valence-corrected chi connectivity index (χ2v) is 6.98. The van der Waals surface area contributed by atoms with E-state index in [1.54, 1.807) is 17.6 Å². The molecule has 0 bridgehead atoms. The van der Waals surface area contributed by atoms with Crippen molar-refractivity contribution in [3.63, 3.8) is 0 Å². The third-order valence-corrected chi connectivity index (χ3v) is 5.21. The molecule has 0 aliphatic carbocycles. The third-order valence-electron chi connectivity index (χ3n) is 5.21. The number of carbonyl (C=O) groups is 1. The van der Waals surface area contributed by atoms with E-state index in [-0.39, 0.29) is 17.2 Å². The summed E-state index contributed by atoms with van der Waals surface area (Å²) < 4.78 is 3.11. The van der Waals surface area contributed by atoms with Gasteiger partial charge >= 0.3 is 0 Å². The van der Waals surface area contributed by atoms with Crippen LogP contribution >= 0.6 is 0 Å². The monoisotopic (exact) mass is 394 g/mol. The van der Waals surface area contributed by atoms with Gasteiger partial charge in [0.15, 0.2) is 0 Å². The van der Waals surface area contributed by atoms with Crippen LogP contribution in [-0.2, 0) is 7.05 Å². The summed E-state index contributed by atoms with van der Waals surface area (Å²) in [5, 5.41) is 4.05. The zero-order chi connectivity index (χ0) is 20.5. The maximum absolute atomic E-state index is 12.7. The first-order valence-electron chi connectivity index (χ1n) is 9.35. The molecule has 0 atom stereocenters. The minimum atomic E-state index is -0.241. The topological polar surface area (TPSA) is 102 Å². The molecule has 10 nitrogen and oxygen atoms in total. The van der Waals surface area contributed by atoms with E-state index < -0.39 is 0 Å². The fraction of sp³-hybridized carbons (Fsp3) is 0.368. The number of piperazine rings is 1. The lowest BCUT2D eigenvalue weighted by Gasteiger charge is -2.35. The van der Waals surface area contributed by atoms with E-state index in [0.29, 0.717) is 26.2 Å². The average Bonchev–Trinajstić information content (AvgIpc) is 3.08. The normalized spacial score (nSPS) is 14.3. The van der Waals surface area contributed by atoms with Gasteiger partial charge in [0.25, 0.3) is 11.5 Å². The Morgan fingerprint density at radius 1 is 1.00 bits per heavy atom. The van der Waals surface area contributed by atoms with Crippen LogP contribution in [0.5, 0.6) is 0 Å². The molecule has 0 saturated carbocycles. The molecule has 150 valence electrons. The van der Waals surface area contributed by atoms with Gasteiger partial charge in [0.2, 0.25) is 0 Å². The van der Waals surface area contributed by atoms with Gasteiger partial charge in [0.1, 0.15) is 30.0 Å². The van der Waals surface area contributed by atoms with E-state index in [1.165, 1.54) is 23.9 Å². The van der Waals surface area contributed by atoms with Gasteiger partial charge in [-0.3, -0.25) is 14.2 Å². The van der Waals surface area contributed by atoms with Crippen molar-refractivity contribution in [3.05, 3.63) is 58.3 Å². The number of imidazole rings is 1. The number of amides is 1. The number of nitrogens with zero attached hydrogens (tertiary/aromatic N) is 8. The molecule has 1 fully saturated rings. The molecule has 4 rings (SSSR count). The van der Waals surface area contributed by atoms with Crippen LogP contribution < -0.4 is 10.5 Å². The van der Waals surface area contributed by atoms with E-state index in [2.05, 4.69) is 25.0 Å². The molecule has 3 aromatic rings. The lowest BCUT2D eigenvalue weighted by Crippen LogP contribution is -2.49. The van der Waals surface area contributed by atoms with Gasteiger partial charge in [0.05, 0.1) is 5.69 Å². The van der Waals surface area contributed by atoms with Gasteiger partial charge in [-0.25, -0.2) is 19.6 Å². The highest BCUT2D eigenvalue weighted by atomic mass is 16.2. The molecule has 29 heavy (non-hydrogen) atoms. The summed E-state index contributed by atoms with van der Waals surface area (Å²) in [5.41, 5.74) is 2.03. The Bertz CT molecular complexity index is 1110. The van der Waals surface area contributed by atoms with Gasteiger partial charge < -0.3 is 9.80 Å². The van der Waals surface area contributed by atoms with Crippen molar-refractivity contribution in [3.8, 4) is 5.82 Å². The molecule has 0 N–H and O–H groups in total. The average molecular weight is 394 g/mol. The van der Waals surface area contributed by atoms with Crippen molar-refractivity contribution >= 4 is 11.7 Å². The Balaban J connectivity index is 1.46. The van der Waals surface area contributed by atoms with Gasteiger partial charge in [-0.1, -0.05) is 0 Å². The Kier molecular flexibility index (Phi) is 4.83. The summed E-state index contributed by atoms with van der Waals surface area (Å²) in [7, 11) is 1.53. The van der Waals surface area contributed by atoms with Gasteiger partial charge in [-0.15, -0.1) is 0 Å². The van der Waals surface area contributed by atoms with Crippen LogP contribution in [0.15, 0.2) is 35.6 Å². The van der Waals surface area contributed by atoms with Crippen molar-refractivity contribution in [2.75, 3.05) is 31.1 Å². The zero-order valence-corrected chi connectivity index (χ0v) is 16.6. The molecular formula is C19H22N8O2. The van der Waals surface area contributed by atoms with Crippen LogP contribution in [0.2, 0.25) is 0 Å². The first kappa shape index (κ1) is 18.8. The smallest absolute Gasteiger partial charge is 0.274 e. The summed E-state index contributed by atoms with van der Waals surface area (Å²) in [6.07, 6.45) is 3.30. The standard InChI is InChI=1S/C19H22N8O2/c1-13-14(2)27(12-22-13)17-10-16(20-11-21-17)25-6-8-26(9-7-25)19(29)15-4-5-18(28)24(3)23-15/h4-5,10-12H,6-9H2,1-3H3. The minimum absolute atomic E-state index is 0.173. The van der Waals surface area contributed by atoms with Gasteiger partial charge in [-0.05, 0) is 19.9 Å².